The van der Waals surface area contributed by atoms with Crippen LogP contribution in [0, 0.1) is 0 Å². The minimum atomic E-state index is -1.64. The third kappa shape index (κ3) is 55.0. The number of carboxylic acids is 1. The lowest BCUT2D eigenvalue weighted by molar-refractivity contribution is -0.870. The molecule has 0 fully saturated rings. The molecule has 0 radical (unpaired) electrons. The minimum absolute atomic E-state index is 0.135. The van der Waals surface area contributed by atoms with Gasteiger partial charge in [-0.2, -0.15) is 0 Å². The van der Waals surface area contributed by atoms with Crippen LogP contribution in [0.25, 0.3) is 0 Å². The predicted octanol–water partition coefficient (Wildman–Crippen LogP) is 15.3. The number of likely N-dealkylation sites (N-methyl/N-ethyl adjacent to an activating group) is 1. The molecule has 2 atom stereocenters. The number of rotatable bonds is 50. The maximum atomic E-state index is 12.8. The van der Waals surface area contributed by atoms with Crippen LogP contribution in [0.1, 0.15) is 194 Å². The fourth-order valence-corrected chi connectivity index (χ4v) is 7.07. The number of quaternary nitrogens is 1. The highest BCUT2D eigenvalue weighted by Gasteiger charge is 2.22. The van der Waals surface area contributed by atoms with Crippen molar-refractivity contribution < 1.29 is 42.9 Å². The molecule has 73 heavy (non-hydrogen) atoms. The largest absolute Gasteiger partial charge is 0.545 e. The van der Waals surface area contributed by atoms with Crippen molar-refractivity contribution in [2.75, 3.05) is 47.5 Å². The van der Waals surface area contributed by atoms with E-state index in [1.54, 1.807) is 0 Å². The van der Waals surface area contributed by atoms with Crippen molar-refractivity contribution in [3.8, 4) is 0 Å². The number of ether oxygens (including phenoxy) is 4. The van der Waals surface area contributed by atoms with Gasteiger partial charge in [0.2, 0.25) is 0 Å². The number of allylic oxidation sites excluding steroid dienone is 22. The molecule has 0 aliphatic heterocycles. The molecule has 9 heteroatoms. The molecule has 412 valence electrons. The molecule has 0 aromatic carbocycles. The summed E-state index contributed by atoms with van der Waals surface area (Å²) in [5, 5.41) is 11.7. The molecule has 0 bridgehead atoms. The Labute approximate surface area is 446 Å². The molecule has 0 spiro atoms. The van der Waals surface area contributed by atoms with E-state index >= 15 is 0 Å². The van der Waals surface area contributed by atoms with Gasteiger partial charge in [0.25, 0.3) is 0 Å². The summed E-state index contributed by atoms with van der Waals surface area (Å²) < 4.78 is 22.6. The third-order valence-electron chi connectivity index (χ3n) is 11.4. The fourth-order valence-electron chi connectivity index (χ4n) is 7.07. The molecule has 0 saturated heterocycles. The van der Waals surface area contributed by atoms with Crippen LogP contribution in [0.15, 0.2) is 134 Å². The van der Waals surface area contributed by atoms with Crippen LogP contribution in [0.5, 0.6) is 0 Å². The van der Waals surface area contributed by atoms with E-state index in [1.165, 1.54) is 51.4 Å². The van der Waals surface area contributed by atoms with Gasteiger partial charge < -0.3 is 33.3 Å². The van der Waals surface area contributed by atoms with Gasteiger partial charge in [-0.15, -0.1) is 0 Å². The standard InChI is InChI=1S/C64H103NO8/c1-6-8-10-12-14-16-18-19-20-21-22-23-24-25-26-27-28-29-30-31-32-33-34-35-36-37-38-39-40-41-42-43-45-47-49-51-53-55-62(67)73-60(59-72-64(63(68)69)70-57-56-65(3,4)5)58-71-61(66)54-52-50-48-46-44-17-15-13-11-9-7-2/h8,10,14,16,19-20,22-23,25-26,28-29,31-32,34-35,37-38,40-41,43,45,60,64H,6-7,9,11-13,15,17-18,21,24,27,30,33,36,39,42,44,46-59H2,1-5H3/b10-8-,16-14-,20-19-,23-22-,26-25-,29-28-,32-31-,35-34-,38-37-,41-40-,45-43-. The smallest absolute Gasteiger partial charge is 0.306 e. The maximum absolute atomic E-state index is 12.8. The summed E-state index contributed by atoms with van der Waals surface area (Å²) in [5.74, 6) is -2.35. The van der Waals surface area contributed by atoms with Crippen molar-refractivity contribution >= 4 is 17.9 Å². The Hall–Kier alpha value is -4.57. The highest BCUT2D eigenvalue weighted by atomic mass is 16.7. The van der Waals surface area contributed by atoms with Gasteiger partial charge in [-0.1, -0.05) is 218 Å². The summed E-state index contributed by atoms with van der Waals surface area (Å²) in [6, 6.07) is 0. The Morgan fingerprint density at radius 1 is 0.425 bits per heavy atom. The number of carbonyl (C=O) groups excluding carboxylic acids is 3. The molecule has 2 unspecified atom stereocenters. The number of hydrogen-bond donors (Lipinski definition) is 0. The molecule has 0 heterocycles. The molecule has 0 aliphatic carbocycles. The van der Waals surface area contributed by atoms with Gasteiger partial charge in [0.15, 0.2) is 12.4 Å². The average molecular weight is 1010 g/mol. The Bertz CT molecular complexity index is 1650. The van der Waals surface area contributed by atoms with Gasteiger partial charge in [-0.25, -0.2) is 0 Å². The molecule has 0 amide bonds. The highest BCUT2D eigenvalue weighted by Crippen LogP contribution is 2.13. The number of esters is 2. The van der Waals surface area contributed by atoms with E-state index in [0.29, 0.717) is 17.4 Å². The second-order valence-electron chi connectivity index (χ2n) is 19.5. The molecular weight excluding hydrogens is 911 g/mol. The third-order valence-corrected chi connectivity index (χ3v) is 11.4. The number of unbranched alkanes of at least 4 members (excludes halogenated alkanes) is 13. The van der Waals surface area contributed by atoms with Gasteiger partial charge in [0.05, 0.1) is 40.3 Å². The van der Waals surface area contributed by atoms with Gasteiger partial charge >= 0.3 is 11.9 Å². The molecule has 9 nitrogen and oxygen atoms in total. The number of nitrogens with zero attached hydrogens (tertiary/aromatic N) is 1. The molecule has 0 aromatic heterocycles. The summed E-state index contributed by atoms with van der Waals surface area (Å²) in [5.41, 5.74) is 0. The van der Waals surface area contributed by atoms with Crippen molar-refractivity contribution in [3.63, 3.8) is 0 Å². The summed E-state index contributed by atoms with van der Waals surface area (Å²) in [4.78, 5) is 37.1. The van der Waals surface area contributed by atoms with E-state index in [0.717, 1.165) is 109 Å². The van der Waals surface area contributed by atoms with E-state index in [1.807, 2.05) is 21.1 Å². The normalized spacial score (nSPS) is 13.8. The Balaban J connectivity index is 4.28. The van der Waals surface area contributed by atoms with Crippen LogP contribution in [-0.4, -0.2) is 82.3 Å². The molecular formula is C64H103NO8. The van der Waals surface area contributed by atoms with Crippen LogP contribution < -0.4 is 5.11 Å². The zero-order valence-electron chi connectivity index (χ0n) is 46.7. The van der Waals surface area contributed by atoms with Crippen LogP contribution in [-0.2, 0) is 33.3 Å². The predicted molar refractivity (Wildman–Crippen MR) is 306 cm³/mol. The quantitative estimate of drug-likeness (QED) is 0.0195. The first-order valence-corrected chi connectivity index (χ1v) is 28.3. The summed E-state index contributed by atoms with van der Waals surface area (Å²) in [6.45, 7) is 4.55. The van der Waals surface area contributed by atoms with Crippen LogP contribution in [0.4, 0.5) is 0 Å². The zero-order chi connectivity index (χ0) is 53.4. The van der Waals surface area contributed by atoms with Crippen LogP contribution in [0.3, 0.4) is 0 Å². The Morgan fingerprint density at radius 3 is 1.16 bits per heavy atom. The van der Waals surface area contributed by atoms with Crippen LogP contribution in [0.2, 0.25) is 0 Å². The molecule has 0 N–H and O–H groups in total. The second-order valence-corrected chi connectivity index (χ2v) is 19.5. The van der Waals surface area contributed by atoms with Gasteiger partial charge in [-0.3, -0.25) is 9.59 Å². The number of hydrogen-bond acceptors (Lipinski definition) is 8. The lowest BCUT2D eigenvalue weighted by Crippen LogP contribution is -2.44. The van der Waals surface area contributed by atoms with E-state index in [2.05, 4.69) is 148 Å². The topological polar surface area (TPSA) is 111 Å². The Morgan fingerprint density at radius 2 is 0.781 bits per heavy atom. The van der Waals surface area contributed by atoms with Crippen molar-refractivity contribution in [2.45, 2.75) is 206 Å². The Kier molecular flexibility index (Phi) is 50.4. The average Bonchev–Trinajstić information content (AvgIpc) is 3.36. The summed E-state index contributed by atoms with van der Waals surface area (Å²) >= 11 is 0. The highest BCUT2D eigenvalue weighted by molar-refractivity contribution is 5.70. The number of aliphatic carboxylic acids is 1. The van der Waals surface area contributed by atoms with Crippen LogP contribution >= 0.6 is 0 Å². The first-order chi connectivity index (χ1) is 35.6. The zero-order valence-corrected chi connectivity index (χ0v) is 46.7. The number of carboxylic acid groups (broad SMARTS) is 1. The lowest BCUT2D eigenvalue weighted by atomic mass is 10.1. The van der Waals surface area contributed by atoms with Crippen molar-refractivity contribution in [3.05, 3.63) is 134 Å². The van der Waals surface area contributed by atoms with E-state index in [4.69, 9.17) is 18.9 Å². The SMILES string of the molecule is CC/C=C\C/C=C\C/C=C\C/C=C\C/C=C\C/C=C\C/C=C\C/C=C\C/C=C\C/C=C\C/C=C\CCCCCC(=O)OC(COC(=O)CCCCCCCCCCCCC)COC(OCC[N+](C)(C)C)C(=O)[O-]. The lowest BCUT2D eigenvalue weighted by Gasteiger charge is -2.26. The maximum Gasteiger partial charge on any atom is 0.306 e. The number of carbonyl (C=O) groups is 3. The first kappa shape index (κ1) is 68.4. The summed E-state index contributed by atoms with van der Waals surface area (Å²) in [7, 11) is 5.89. The van der Waals surface area contributed by atoms with Gasteiger partial charge in [0.1, 0.15) is 13.2 Å². The van der Waals surface area contributed by atoms with Crippen molar-refractivity contribution in [2.24, 2.45) is 0 Å². The summed E-state index contributed by atoms with van der Waals surface area (Å²) in [6.07, 6.45) is 73.7. The van der Waals surface area contributed by atoms with E-state index in [9.17, 15) is 19.5 Å². The van der Waals surface area contributed by atoms with Gasteiger partial charge in [-0.05, 0) is 96.3 Å². The van der Waals surface area contributed by atoms with E-state index in [-0.39, 0.29) is 38.6 Å². The van der Waals surface area contributed by atoms with Crippen molar-refractivity contribution in [1.82, 2.24) is 0 Å². The first-order valence-electron chi connectivity index (χ1n) is 28.3. The van der Waals surface area contributed by atoms with E-state index < -0.39 is 24.3 Å². The second kappa shape index (κ2) is 53.7. The molecule has 0 saturated carbocycles. The molecule has 0 rings (SSSR count). The monoisotopic (exact) mass is 1010 g/mol. The van der Waals surface area contributed by atoms with Gasteiger partial charge in [0, 0.05) is 12.8 Å². The molecule has 0 aliphatic rings. The van der Waals surface area contributed by atoms with Crippen molar-refractivity contribution in [1.29, 1.82) is 0 Å². The fraction of sp³-hybridized carbons (Fsp3) is 0.609. The minimum Gasteiger partial charge on any atom is -0.545 e. The molecule has 0 aromatic rings.